The maximum atomic E-state index is 13.1. The van der Waals surface area contributed by atoms with Crippen molar-refractivity contribution in [1.29, 1.82) is 0 Å². The van der Waals surface area contributed by atoms with Crippen LogP contribution in [0.5, 0.6) is 0 Å². The van der Waals surface area contributed by atoms with E-state index in [1.807, 2.05) is 54.7 Å². The summed E-state index contributed by atoms with van der Waals surface area (Å²) in [5, 5.41) is 10.7. The molecule has 0 bridgehead atoms. The molecule has 0 aromatic heterocycles. The lowest BCUT2D eigenvalue weighted by atomic mass is 10.1. The van der Waals surface area contributed by atoms with Crippen LogP contribution in [0.3, 0.4) is 0 Å². The van der Waals surface area contributed by atoms with Crippen LogP contribution in [0.25, 0.3) is 0 Å². The highest BCUT2D eigenvalue weighted by Gasteiger charge is 2.30. The number of carbonyl (C=O) groups is 4. The van der Waals surface area contributed by atoms with E-state index in [9.17, 15) is 43.2 Å². The number of carbonyl (C=O) groups excluding carboxylic acids is 4. The maximum Gasteiger partial charge on any atom is 0.472 e. The van der Waals surface area contributed by atoms with Crippen LogP contribution in [0.15, 0.2) is 207 Å². The average molecular weight is 1600 g/mol. The van der Waals surface area contributed by atoms with E-state index in [4.69, 9.17) is 37.0 Å². The van der Waals surface area contributed by atoms with Gasteiger partial charge < -0.3 is 33.8 Å². The molecule has 17 nitrogen and oxygen atoms in total. The summed E-state index contributed by atoms with van der Waals surface area (Å²) in [6, 6.07) is 0. The lowest BCUT2D eigenvalue weighted by molar-refractivity contribution is -0.161. The Bertz CT molecular complexity index is 2940. The zero-order valence-electron chi connectivity index (χ0n) is 69.3. The van der Waals surface area contributed by atoms with Crippen molar-refractivity contribution in [3.8, 4) is 0 Å². The molecule has 2 unspecified atom stereocenters. The minimum atomic E-state index is -5.03. The molecule has 0 spiro atoms. The average Bonchev–Trinajstić information content (AvgIpc) is 0.897. The van der Waals surface area contributed by atoms with E-state index in [1.54, 1.807) is 0 Å². The maximum absolute atomic E-state index is 13.1. The van der Waals surface area contributed by atoms with Crippen LogP contribution in [-0.2, 0) is 65.4 Å². The first-order valence-electron chi connectivity index (χ1n) is 42.3. The van der Waals surface area contributed by atoms with Crippen LogP contribution >= 0.6 is 15.6 Å². The van der Waals surface area contributed by atoms with Crippen LogP contribution in [0, 0.1) is 0 Å². The molecule has 0 aromatic carbocycles. The van der Waals surface area contributed by atoms with Crippen molar-refractivity contribution in [3.05, 3.63) is 207 Å². The molecule has 0 radical (unpaired) electrons. The van der Waals surface area contributed by atoms with E-state index in [0.717, 1.165) is 135 Å². The van der Waals surface area contributed by atoms with Crippen molar-refractivity contribution in [1.82, 2.24) is 0 Å². The fourth-order valence-corrected chi connectivity index (χ4v) is 11.9. The monoisotopic (exact) mass is 1600 g/mol. The molecule has 19 heteroatoms. The Hall–Kier alpha value is -6.36. The van der Waals surface area contributed by atoms with Crippen molar-refractivity contribution >= 4 is 39.5 Å². The molecule has 0 fully saturated rings. The molecule has 0 aromatic rings. The summed E-state index contributed by atoms with van der Waals surface area (Å²) >= 11 is 0. The van der Waals surface area contributed by atoms with Crippen molar-refractivity contribution < 1.29 is 80.2 Å². The van der Waals surface area contributed by atoms with Crippen LogP contribution in [0.1, 0.15) is 297 Å². The second-order valence-corrected chi connectivity index (χ2v) is 30.2. The molecule has 0 saturated carbocycles. The van der Waals surface area contributed by atoms with Gasteiger partial charge in [0.15, 0.2) is 12.2 Å². The first-order valence-corrected chi connectivity index (χ1v) is 45.3. The van der Waals surface area contributed by atoms with E-state index in [-0.39, 0.29) is 25.7 Å². The topological polar surface area (TPSA) is 237 Å². The predicted octanol–water partition coefficient (Wildman–Crippen LogP) is 25.4. The molecule has 0 heterocycles. The normalized spacial score (nSPS) is 14.8. The van der Waals surface area contributed by atoms with Gasteiger partial charge in [0.2, 0.25) is 0 Å². The van der Waals surface area contributed by atoms with Gasteiger partial charge in [-0.05, 0) is 167 Å². The highest BCUT2D eigenvalue weighted by atomic mass is 31.2. The summed E-state index contributed by atoms with van der Waals surface area (Å²) in [4.78, 5) is 73.1. The molecule has 0 amide bonds. The van der Waals surface area contributed by atoms with Crippen molar-refractivity contribution in [2.24, 2.45) is 0 Å². The Morgan fingerprint density at radius 3 is 0.795 bits per heavy atom. The Morgan fingerprint density at radius 1 is 0.259 bits per heavy atom. The Labute approximate surface area is 678 Å². The van der Waals surface area contributed by atoms with Gasteiger partial charge in [-0.3, -0.25) is 37.3 Å². The number of hydrogen-bond donors (Lipinski definition) is 3. The van der Waals surface area contributed by atoms with E-state index in [1.165, 1.54) is 64.2 Å². The molecular formula is C93H148O17P2. The second-order valence-electron chi connectivity index (χ2n) is 27.3. The van der Waals surface area contributed by atoms with E-state index in [0.29, 0.717) is 44.9 Å². The number of hydrogen-bond acceptors (Lipinski definition) is 15. The number of rotatable bonds is 77. The van der Waals surface area contributed by atoms with Crippen LogP contribution < -0.4 is 0 Å². The molecule has 0 aliphatic rings. The number of phosphoric acid groups is 2. The van der Waals surface area contributed by atoms with Gasteiger partial charge in [0.05, 0.1) is 26.4 Å². The molecule has 0 rings (SSSR count). The standard InChI is InChI=1S/C93H148O17P2/c1-5-9-13-17-21-25-29-33-37-40-43-46-50-53-57-61-65-69-73-77-90(95)103-83-88(109-92(97)79-75-71-67-63-59-55-49-36-32-28-24-20-16-12-8-4)85-107-111(99,100)105-81-87(94)82-106-112(101,102)108-86-89(110-93(98)80-76-72-68-64-60-56-52-48-45-42-39-35-31-27-23-19-15-11-7-3)84-104-91(96)78-74-70-66-62-58-54-51-47-44-41-38-34-30-26-22-18-14-10-6-2/h11,15,21-23,25-28,32-35,37-39,43-48,53-54,56-58,60,65-66,68-70,72,87-89,94H,5-10,12-14,16-20,24,29-31,36,40-42,49-52,55,59,61-64,67,71,73-86H2,1-4H3,(H,99,100)(H,101,102)/b15-11-,25-21-,26-22-,27-23-,32-28-,37-33-,38-34-,39-35-,46-43-,47-44-,48-45-,57-53-,58-54-,60-56-,69-65-,70-66-,72-68-/t87-,88+,89+/m0/s1. The lowest BCUT2D eigenvalue weighted by Crippen LogP contribution is -2.30. The van der Waals surface area contributed by atoms with Gasteiger partial charge in [0, 0.05) is 25.7 Å². The highest BCUT2D eigenvalue weighted by molar-refractivity contribution is 7.47. The summed E-state index contributed by atoms with van der Waals surface area (Å²) in [6.45, 7) is 4.42. The quantitative estimate of drug-likeness (QED) is 0.0169. The van der Waals surface area contributed by atoms with Crippen LogP contribution in [-0.4, -0.2) is 96.7 Å². The Kier molecular flexibility index (Phi) is 77.9. The summed E-state index contributed by atoms with van der Waals surface area (Å²) in [5.74, 6) is -2.49. The summed E-state index contributed by atoms with van der Waals surface area (Å²) in [7, 11) is -10.1. The van der Waals surface area contributed by atoms with Gasteiger partial charge in [-0.15, -0.1) is 0 Å². The Morgan fingerprint density at radius 2 is 0.482 bits per heavy atom. The van der Waals surface area contributed by atoms with Gasteiger partial charge in [-0.25, -0.2) is 9.13 Å². The van der Waals surface area contributed by atoms with E-state index >= 15 is 0 Å². The SMILES string of the molecule is CC/C=C\C/C=C\C/C=C\C/C=C\C/C=C\C/C=C\CCC(=O)O[C@H](COC(=O)CC/C=C\C/C=C\C/C=C\C/C=C\C/C=C\CCCCC)COP(=O)(O)OC[C@@H](O)COP(=O)(O)OC[C@@H](COC(=O)CC/C=C\C/C=C\C/C=C\C/C=C\C/C=C\CCCCC)OC(=O)CCCCCCCCC/C=C\CCCCCC. The third-order valence-corrected chi connectivity index (χ3v) is 18.6. The van der Waals surface area contributed by atoms with Crippen molar-refractivity contribution in [3.63, 3.8) is 0 Å². The zero-order valence-corrected chi connectivity index (χ0v) is 71.0. The fourth-order valence-electron chi connectivity index (χ4n) is 10.3. The summed E-state index contributed by atoms with van der Waals surface area (Å²) < 4.78 is 68.5. The number of allylic oxidation sites excluding steroid dienone is 34. The van der Waals surface area contributed by atoms with Crippen LogP contribution in [0.4, 0.5) is 0 Å². The van der Waals surface area contributed by atoms with Crippen LogP contribution in [0.2, 0.25) is 0 Å². The van der Waals surface area contributed by atoms with Gasteiger partial charge in [0.1, 0.15) is 19.3 Å². The van der Waals surface area contributed by atoms with Gasteiger partial charge in [-0.2, -0.15) is 0 Å². The van der Waals surface area contributed by atoms with E-state index in [2.05, 4.69) is 180 Å². The molecule has 632 valence electrons. The number of phosphoric ester groups is 2. The third-order valence-electron chi connectivity index (χ3n) is 16.7. The lowest BCUT2D eigenvalue weighted by Gasteiger charge is -2.21. The molecule has 5 atom stereocenters. The first-order chi connectivity index (χ1) is 54.7. The molecular weight excluding hydrogens is 1450 g/mol. The smallest absolute Gasteiger partial charge is 0.462 e. The predicted molar refractivity (Wildman–Crippen MR) is 463 cm³/mol. The van der Waals surface area contributed by atoms with Crippen molar-refractivity contribution in [2.45, 2.75) is 316 Å². The largest absolute Gasteiger partial charge is 0.472 e. The molecule has 112 heavy (non-hydrogen) atoms. The molecule has 0 saturated heterocycles. The van der Waals surface area contributed by atoms with Gasteiger partial charge in [0.25, 0.3) is 0 Å². The molecule has 3 N–H and O–H groups in total. The third kappa shape index (κ3) is 81.6. The minimum Gasteiger partial charge on any atom is -0.462 e. The van der Waals surface area contributed by atoms with Crippen molar-refractivity contribution in [2.75, 3.05) is 39.6 Å². The Balaban J connectivity index is 5.60. The molecule has 0 aliphatic heterocycles. The number of aliphatic hydroxyl groups is 1. The summed E-state index contributed by atoms with van der Waals surface area (Å²) in [6.07, 6.45) is 104. The van der Waals surface area contributed by atoms with E-state index < -0.39 is 97.5 Å². The van der Waals surface area contributed by atoms with Gasteiger partial charge in [-0.1, -0.05) is 311 Å². The minimum absolute atomic E-state index is 0.0120. The first kappa shape index (κ1) is 106. The number of unbranched alkanes of at least 4 members (excludes halogenated alkanes) is 17. The number of esters is 4. The number of ether oxygens (including phenoxy) is 4. The number of aliphatic hydroxyl groups excluding tert-OH is 1. The summed E-state index contributed by atoms with van der Waals surface area (Å²) in [5.41, 5.74) is 0. The highest BCUT2D eigenvalue weighted by Crippen LogP contribution is 2.45. The zero-order chi connectivity index (χ0) is 81.7. The molecule has 0 aliphatic carbocycles. The fraction of sp³-hybridized carbons (Fsp3) is 0.591. The second kappa shape index (κ2) is 82.6. The van der Waals surface area contributed by atoms with Gasteiger partial charge >= 0.3 is 39.5 Å².